The molecule has 0 atom stereocenters. The Morgan fingerprint density at radius 3 is 2.59 bits per heavy atom. The lowest BCUT2D eigenvalue weighted by molar-refractivity contribution is -0.136. The largest absolute Gasteiger partial charge is 0.481 e. The molecule has 1 rings (SSSR count). The number of hydrogen-bond acceptors (Lipinski definition) is 2. The molecule has 0 saturated carbocycles. The summed E-state index contributed by atoms with van der Waals surface area (Å²) in [5, 5.41) is 8.71. The van der Waals surface area contributed by atoms with Crippen molar-refractivity contribution in [1.29, 1.82) is 0 Å². The van der Waals surface area contributed by atoms with Crippen molar-refractivity contribution in [3.63, 3.8) is 0 Å². The molecule has 1 N–H and O–H groups in total. The van der Waals surface area contributed by atoms with Crippen LogP contribution in [0.5, 0.6) is 0 Å². The SMILES string of the molecule is Cc1ccc(N(C/C=C/Cl)CCC(=O)O)cc1. The number of aryl methyl sites for hydroxylation is 1. The summed E-state index contributed by atoms with van der Waals surface area (Å²) < 4.78 is 0. The molecule has 1 aromatic carbocycles. The third-order valence-corrected chi connectivity index (χ3v) is 2.59. The van der Waals surface area contributed by atoms with E-state index in [9.17, 15) is 4.79 Å². The van der Waals surface area contributed by atoms with Crippen LogP contribution in [-0.2, 0) is 4.79 Å². The number of hydrogen-bond donors (Lipinski definition) is 1. The van der Waals surface area contributed by atoms with E-state index in [2.05, 4.69) is 0 Å². The van der Waals surface area contributed by atoms with Crippen LogP contribution < -0.4 is 4.90 Å². The standard InChI is InChI=1S/C13H16ClNO2/c1-11-3-5-12(6-4-11)15(9-2-8-14)10-7-13(16)17/h2-6,8H,7,9-10H2,1H3,(H,16,17)/b8-2+. The zero-order valence-corrected chi connectivity index (χ0v) is 10.5. The Balaban J connectivity index is 2.73. The second kappa shape index (κ2) is 6.97. The van der Waals surface area contributed by atoms with Crippen molar-refractivity contribution in [2.45, 2.75) is 13.3 Å². The summed E-state index contributed by atoms with van der Waals surface area (Å²) in [5.74, 6) is -0.794. The van der Waals surface area contributed by atoms with E-state index in [-0.39, 0.29) is 6.42 Å². The van der Waals surface area contributed by atoms with E-state index in [1.807, 2.05) is 36.1 Å². The van der Waals surface area contributed by atoms with Crippen LogP contribution in [0.2, 0.25) is 0 Å². The number of anilines is 1. The summed E-state index contributed by atoms with van der Waals surface area (Å²) in [6.45, 7) is 3.10. The molecule has 4 heteroatoms. The lowest BCUT2D eigenvalue weighted by Gasteiger charge is -2.22. The maximum absolute atomic E-state index is 10.6. The number of carbonyl (C=O) groups is 1. The predicted octanol–water partition coefficient (Wildman–Crippen LogP) is 3.03. The summed E-state index contributed by atoms with van der Waals surface area (Å²) in [7, 11) is 0. The highest BCUT2D eigenvalue weighted by Crippen LogP contribution is 2.15. The van der Waals surface area contributed by atoms with Crippen LogP contribution in [-0.4, -0.2) is 24.2 Å². The summed E-state index contributed by atoms with van der Waals surface area (Å²) >= 11 is 5.50. The molecule has 0 aliphatic carbocycles. The van der Waals surface area contributed by atoms with Gasteiger partial charge in [0.1, 0.15) is 0 Å². The molecule has 0 unspecified atom stereocenters. The fourth-order valence-electron chi connectivity index (χ4n) is 1.48. The fraction of sp³-hybridized carbons (Fsp3) is 0.308. The minimum atomic E-state index is -0.794. The Hall–Kier alpha value is -1.48. The van der Waals surface area contributed by atoms with E-state index < -0.39 is 5.97 Å². The molecule has 0 radical (unpaired) electrons. The second-order valence-electron chi connectivity index (χ2n) is 3.79. The predicted molar refractivity (Wildman–Crippen MR) is 70.6 cm³/mol. The van der Waals surface area contributed by atoms with Gasteiger partial charge >= 0.3 is 5.97 Å². The highest BCUT2D eigenvalue weighted by molar-refractivity contribution is 6.25. The van der Waals surface area contributed by atoms with Crippen LogP contribution in [0.3, 0.4) is 0 Å². The smallest absolute Gasteiger partial charge is 0.305 e. The van der Waals surface area contributed by atoms with E-state index >= 15 is 0 Å². The molecule has 92 valence electrons. The molecular weight excluding hydrogens is 238 g/mol. The Morgan fingerprint density at radius 1 is 1.41 bits per heavy atom. The molecule has 0 aliphatic rings. The van der Waals surface area contributed by atoms with Crippen LogP contribution in [0.25, 0.3) is 0 Å². The van der Waals surface area contributed by atoms with Crippen LogP contribution in [0, 0.1) is 6.92 Å². The van der Waals surface area contributed by atoms with E-state index in [1.165, 1.54) is 11.1 Å². The molecule has 1 aromatic rings. The third kappa shape index (κ3) is 4.91. The third-order valence-electron chi connectivity index (χ3n) is 2.41. The lowest BCUT2D eigenvalue weighted by atomic mass is 10.2. The number of carboxylic acids is 1. The van der Waals surface area contributed by atoms with E-state index in [0.717, 1.165) is 5.69 Å². The first-order valence-corrected chi connectivity index (χ1v) is 5.85. The van der Waals surface area contributed by atoms with Gasteiger partial charge in [-0.1, -0.05) is 35.4 Å². The zero-order chi connectivity index (χ0) is 12.7. The maximum atomic E-state index is 10.6. The monoisotopic (exact) mass is 253 g/mol. The van der Waals surface area contributed by atoms with Gasteiger partial charge < -0.3 is 10.0 Å². The molecule has 0 fully saturated rings. The highest BCUT2D eigenvalue weighted by atomic mass is 35.5. The fourth-order valence-corrected chi connectivity index (χ4v) is 1.56. The molecule has 0 saturated heterocycles. The first-order chi connectivity index (χ1) is 8.13. The second-order valence-corrected chi connectivity index (χ2v) is 4.04. The van der Waals surface area contributed by atoms with Gasteiger partial charge in [-0.3, -0.25) is 4.79 Å². The summed E-state index contributed by atoms with van der Waals surface area (Å²) in [6.07, 6.45) is 1.91. The van der Waals surface area contributed by atoms with Crippen molar-refractivity contribution in [3.05, 3.63) is 41.4 Å². The van der Waals surface area contributed by atoms with Crippen molar-refractivity contribution < 1.29 is 9.90 Å². The number of nitrogens with zero attached hydrogens (tertiary/aromatic N) is 1. The van der Waals surface area contributed by atoms with Gasteiger partial charge in [-0.05, 0) is 19.1 Å². The molecule has 0 heterocycles. The van der Waals surface area contributed by atoms with Crippen LogP contribution >= 0.6 is 11.6 Å². The van der Waals surface area contributed by atoms with Crippen molar-refractivity contribution in [1.82, 2.24) is 0 Å². The van der Waals surface area contributed by atoms with E-state index in [4.69, 9.17) is 16.7 Å². The number of rotatable bonds is 6. The minimum Gasteiger partial charge on any atom is -0.481 e. The normalized spacial score (nSPS) is 10.7. The van der Waals surface area contributed by atoms with E-state index in [0.29, 0.717) is 13.1 Å². The van der Waals surface area contributed by atoms with Crippen molar-refractivity contribution in [2.75, 3.05) is 18.0 Å². The Kier molecular flexibility index (Phi) is 5.57. The molecule has 0 bridgehead atoms. The van der Waals surface area contributed by atoms with Gasteiger partial charge in [0.2, 0.25) is 0 Å². The molecule has 0 aromatic heterocycles. The average Bonchev–Trinajstić information content (AvgIpc) is 2.30. The average molecular weight is 254 g/mol. The van der Waals surface area contributed by atoms with Crippen molar-refractivity contribution >= 4 is 23.3 Å². The van der Waals surface area contributed by atoms with Gasteiger partial charge in [0.25, 0.3) is 0 Å². The van der Waals surface area contributed by atoms with Gasteiger partial charge in [0.15, 0.2) is 0 Å². The molecule has 0 aliphatic heterocycles. The molecule has 0 amide bonds. The van der Waals surface area contributed by atoms with Crippen LogP contribution in [0.15, 0.2) is 35.9 Å². The van der Waals surface area contributed by atoms with Gasteiger partial charge in [-0.15, -0.1) is 0 Å². The maximum Gasteiger partial charge on any atom is 0.305 e. The summed E-state index contributed by atoms with van der Waals surface area (Å²) in [5.41, 5.74) is 3.63. The highest BCUT2D eigenvalue weighted by Gasteiger charge is 2.06. The first-order valence-electron chi connectivity index (χ1n) is 5.42. The minimum absolute atomic E-state index is 0.115. The summed E-state index contributed by atoms with van der Waals surface area (Å²) in [6, 6.07) is 7.99. The summed E-state index contributed by atoms with van der Waals surface area (Å²) in [4.78, 5) is 12.6. The van der Waals surface area contributed by atoms with Gasteiger partial charge in [0, 0.05) is 24.3 Å². The van der Waals surface area contributed by atoms with Gasteiger partial charge in [0.05, 0.1) is 6.42 Å². The van der Waals surface area contributed by atoms with Crippen molar-refractivity contribution in [3.8, 4) is 0 Å². The topological polar surface area (TPSA) is 40.5 Å². The van der Waals surface area contributed by atoms with E-state index in [1.54, 1.807) is 6.08 Å². The number of aliphatic carboxylic acids is 1. The number of halogens is 1. The lowest BCUT2D eigenvalue weighted by Crippen LogP contribution is -2.26. The number of carboxylic acid groups (broad SMARTS) is 1. The number of benzene rings is 1. The quantitative estimate of drug-likeness (QED) is 0.847. The Morgan fingerprint density at radius 2 is 2.06 bits per heavy atom. The Bertz CT molecular complexity index is 387. The Labute approximate surface area is 106 Å². The first kappa shape index (κ1) is 13.6. The van der Waals surface area contributed by atoms with Gasteiger partial charge in [-0.2, -0.15) is 0 Å². The van der Waals surface area contributed by atoms with Gasteiger partial charge in [-0.25, -0.2) is 0 Å². The van der Waals surface area contributed by atoms with Crippen LogP contribution in [0.4, 0.5) is 5.69 Å². The van der Waals surface area contributed by atoms with Crippen LogP contribution in [0.1, 0.15) is 12.0 Å². The molecular formula is C13H16ClNO2. The zero-order valence-electron chi connectivity index (χ0n) is 9.77. The molecule has 3 nitrogen and oxygen atoms in total. The molecule has 0 spiro atoms. The van der Waals surface area contributed by atoms with Crippen molar-refractivity contribution in [2.24, 2.45) is 0 Å². The molecule has 17 heavy (non-hydrogen) atoms.